The van der Waals surface area contributed by atoms with Gasteiger partial charge in [-0.2, -0.15) is 0 Å². The molecule has 1 aliphatic rings. The first-order valence-electron chi connectivity index (χ1n) is 6.55. The van der Waals surface area contributed by atoms with Crippen LogP contribution in [0.25, 0.3) is 0 Å². The molecule has 2 N–H and O–H groups in total. The summed E-state index contributed by atoms with van der Waals surface area (Å²) in [5.41, 5.74) is 1.22. The lowest BCUT2D eigenvalue weighted by Crippen LogP contribution is -2.56. The molecule has 2 rings (SSSR count). The van der Waals surface area contributed by atoms with Crippen LogP contribution < -0.4 is 5.32 Å². The second-order valence-electron chi connectivity index (χ2n) is 5.69. The molecule has 1 aromatic heterocycles. The monoisotopic (exact) mass is 236 g/mol. The van der Waals surface area contributed by atoms with E-state index >= 15 is 0 Å². The molecule has 0 aliphatic carbocycles. The van der Waals surface area contributed by atoms with Crippen LogP contribution in [-0.2, 0) is 6.42 Å². The Kier molecular flexibility index (Phi) is 4.18. The van der Waals surface area contributed by atoms with E-state index < -0.39 is 0 Å². The van der Waals surface area contributed by atoms with Gasteiger partial charge >= 0.3 is 0 Å². The fourth-order valence-corrected chi connectivity index (χ4v) is 2.76. The average molecular weight is 236 g/mol. The zero-order valence-electron chi connectivity index (χ0n) is 11.1. The molecule has 1 aliphatic heterocycles. The number of piperazine rings is 1. The molecule has 4 heteroatoms. The minimum atomic E-state index is 0.540. The van der Waals surface area contributed by atoms with Crippen molar-refractivity contribution in [1.82, 2.24) is 20.2 Å². The maximum atomic E-state index is 4.08. The van der Waals surface area contributed by atoms with Crippen molar-refractivity contribution in [2.75, 3.05) is 20.1 Å². The Labute approximate surface area is 104 Å². The first kappa shape index (κ1) is 12.6. The molecule has 96 valence electrons. The van der Waals surface area contributed by atoms with Gasteiger partial charge in [-0.1, -0.05) is 13.8 Å². The zero-order chi connectivity index (χ0) is 12.3. The van der Waals surface area contributed by atoms with Crippen LogP contribution in [0.1, 0.15) is 26.0 Å². The third-order valence-electron chi connectivity index (χ3n) is 3.31. The van der Waals surface area contributed by atoms with E-state index in [9.17, 15) is 0 Å². The van der Waals surface area contributed by atoms with Crippen LogP contribution in [0, 0.1) is 5.92 Å². The Morgan fingerprint density at radius 2 is 2.18 bits per heavy atom. The summed E-state index contributed by atoms with van der Waals surface area (Å²) in [6.07, 6.45) is 5.98. The number of aromatic amines is 1. The van der Waals surface area contributed by atoms with Crippen LogP contribution >= 0.6 is 0 Å². The molecule has 0 saturated carbocycles. The highest BCUT2D eigenvalue weighted by molar-refractivity contribution is 5.00. The van der Waals surface area contributed by atoms with Gasteiger partial charge in [0.2, 0.25) is 0 Å². The summed E-state index contributed by atoms with van der Waals surface area (Å²) in [5, 5.41) is 3.76. The molecule has 4 nitrogen and oxygen atoms in total. The zero-order valence-corrected chi connectivity index (χ0v) is 11.1. The molecule has 0 aromatic carbocycles. The number of likely N-dealkylation sites (N-methyl/N-ethyl adjacent to an activating group) is 1. The van der Waals surface area contributed by atoms with Gasteiger partial charge < -0.3 is 15.2 Å². The predicted octanol–water partition coefficient (Wildman–Crippen LogP) is 1.27. The maximum absolute atomic E-state index is 4.08. The van der Waals surface area contributed by atoms with Crippen LogP contribution in [0.4, 0.5) is 0 Å². The van der Waals surface area contributed by atoms with Crippen molar-refractivity contribution in [3.05, 3.63) is 18.2 Å². The molecule has 0 radical (unpaired) electrons. The quantitative estimate of drug-likeness (QED) is 0.827. The summed E-state index contributed by atoms with van der Waals surface area (Å²) < 4.78 is 0. The molecule has 2 heterocycles. The van der Waals surface area contributed by atoms with Crippen LogP contribution in [0.5, 0.6) is 0 Å². The van der Waals surface area contributed by atoms with Crippen LogP contribution in [-0.4, -0.2) is 47.1 Å². The molecule has 0 spiro atoms. The van der Waals surface area contributed by atoms with Crippen molar-refractivity contribution in [2.45, 2.75) is 38.8 Å². The molecule has 0 bridgehead atoms. The van der Waals surface area contributed by atoms with Gasteiger partial charge in [0.25, 0.3) is 0 Å². The predicted molar refractivity (Wildman–Crippen MR) is 70.0 cm³/mol. The summed E-state index contributed by atoms with van der Waals surface area (Å²) in [7, 11) is 2.22. The van der Waals surface area contributed by atoms with Gasteiger partial charge in [-0.25, -0.2) is 4.98 Å². The second-order valence-corrected chi connectivity index (χ2v) is 5.69. The first-order valence-corrected chi connectivity index (χ1v) is 6.55. The lowest BCUT2D eigenvalue weighted by atomic mass is 9.98. The molecular formula is C13H24N4. The smallest absolute Gasteiger partial charge is 0.0921 e. The van der Waals surface area contributed by atoms with Crippen molar-refractivity contribution in [3.63, 3.8) is 0 Å². The lowest BCUT2D eigenvalue weighted by Gasteiger charge is -2.37. The van der Waals surface area contributed by atoms with Crippen molar-refractivity contribution in [2.24, 2.45) is 5.92 Å². The summed E-state index contributed by atoms with van der Waals surface area (Å²) in [6, 6.07) is 1.17. The molecule has 1 unspecified atom stereocenters. The van der Waals surface area contributed by atoms with Crippen LogP contribution in [0.15, 0.2) is 12.5 Å². The van der Waals surface area contributed by atoms with Gasteiger partial charge in [-0.3, -0.25) is 0 Å². The highest BCUT2D eigenvalue weighted by Crippen LogP contribution is 2.13. The standard InChI is InChI=1S/C13H24N4/c1-10(2)4-12-7-17(3)8-13(16-12)5-11-6-14-9-15-11/h6,9-10,12-13,16H,4-5,7-8H2,1-3H3,(H,14,15)/t12?,13-/m0/s1. The van der Waals surface area contributed by atoms with E-state index in [0.717, 1.165) is 25.4 Å². The highest BCUT2D eigenvalue weighted by atomic mass is 15.2. The van der Waals surface area contributed by atoms with Crippen molar-refractivity contribution in [3.8, 4) is 0 Å². The van der Waals surface area contributed by atoms with E-state index in [1.807, 2.05) is 6.20 Å². The molecule has 0 amide bonds. The van der Waals surface area contributed by atoms with Crippen molar-refractivity contribution < 1.29 is 0 Å². The van der Waals surface area contributed by atoms with E-state index in [4.69, 9.17) is 0 Å². The topological polar surface area (TPSA) is 44.0 Å². The third-order valence-corrected chi connectivity index (χ3v) is 3.31. The Hall–Kier alpha value is -0.870. The van der Waals surface area contributed by atoms with E-state index in [1.165, 1.54) is 12.1 Å². The Bertz CT molecular complexity index is 318. The Morgan fingerprint density at radius 3 is 2.82 bits per heavy atom. The molecule has 1 aromatic rings. The fraction of sp³-hybridized carbons (Fsp3) is 0.769. The van der Waals surface area contributed by atoms with Gasteiger partial charge in [0.1, 0.15) is 0 Å². The van der Waals surface area contributed by atoms with Crippen LogP contribution in [0.2, 0.25) is 0 Å². The van der Waals surface area contributed by atoms with Gasteiger partial charge in [-0.05, 0) is 19.4 Å². The minimum absolute atomic E-state index is 0.540. The number of aromatic nitrogens is 2. The minimum Gasteiger partial charge on any atom is -0.348 e. The van der Waals surface area contributed by atoms with Gasteiger partial charge in [0.05, 0.1) is 6.33 Å². The number of H-pyrrole nitrogens is 1. The lowest BCUT2D eigenvalue weighted by molar-refractivity contribution is 0.176. The largest absolute Gasteiger partial charge is 0.348 e. The normalized spacial score (nSPS) is 26.6. The summed E-state index contributed by atoms with van der Waals surface area (Å²) in [5.74, 6) is 0.756. The average Bonchev–Trinajstić information content (AvgIpc) is 2.67. The third kappa shape index (κ3) is 3.82. The summed E-state index contributed by atoms with van der Waals surface area (Å²) >= 11 is 0. The maximum Gasteiger partial charge on any atom is 0.0921 e. The van der Waals surface area contributed by atoms with Crippen LogP contribution in [0.3, 0.4) is 0 Å². The molecule has 1 fully saturated rings. The SMILES string of the molecule is CC(C)CC1CN(C)C[C@H](Cc2cnc[nH]2)N1. The van der Waals surface area contributed by atoms with Gasteiger partial charge in [0.15, 0.2) is 0 Å². The van der Waals surface area contributed by atoms with E-state index in [1.54, 1.807) is 6.33 Å². The van der Waals surface area contributed by atoms with E-state index in [0.29, 0.717) is 12.1 Å². The summed E-state index contributed by atoms with van der Waals surface area (Å²) in [4.78, 5) is 9.70. The van der Waals surface area contributed by atoms with E-state index in [-0.39, 0.29) is 0 Å². The van der Waals surface area contributed by atoms with Gasteiger partial charge in [-0.15, -0.1) is 0 Å². The number of hydrogen-bond acceptors (Lipinski definition) is 3. The van der Waals surface area contributed by atoms with Crippen molar-refractivity contribution >= 4 is 0 Å². The highest BCUT2D eigenvalue weighted by Gasteiger charge is 2.25. The number of imidazole rings is 1. The molecular weight excluding hydrogens is 212 g/mol. The number of hydrogen-bond donors (Lipinski definition) is 2. The van der Waals surface area contributed by atoms with Crippen molar-refractivity contribution in [1.29, 1.82) is 0 Å². The number of nitrogens with zero attached hydrogens (tertiary/aromatic N) is 2. The summed E-state index contributed by atoms with van der Waals surface area (Å²) in [6.45, 7) is 6.87. The fourth-order valence-electron chi connectivity index (χ4n) is 2.76. The van der Waals surface area contributed by atoms with Gasteiger partial charge in [0, 0.05) is 43.5 Å². The second kappa shape index (κ2) is 5.65. The molecule has 17 heavy (non-hydrogen) atoms. The number of nitrogens with one attached hydrogen (secondary N) is 2. The molecule has 2 atom stereocenters. The molecule has 1 saturated heterocycles. The Morgan fingerprint density at radius 1 is 1.41 bits per heavy atom. The Balaban J connectivity index is 1.89. The van der Waals surface area contributed by atoms with E-state index in [2.05, 4.69) is 41.1 Å². The number of rotatable bonds is 4. The first-order chi connectivity index (χ1) is 8.13.